The summed E-state index contributed by atoms with van der Waals surface area (Å²) in [5.74, 6) is 1.46. The van der Waals surface area contributed by atoms with E-state index in [9.17, 15) is 4.39 Å². The van der Waals surface area contributed by atoms with Crippen molar-refractivity contribution >= 4 is 16.9 Å². The van der Waals surface area contributed by atoms with Gasteiger partial charge in [0.15, 0.2) is 5.96 Å². The highest BCUT2D eigenvalue weighted by Gasteiger charge is 2.20. The van der Waals surface area contributed by atoms with Crippen molar-refractivity contribution in [1.29, 1.82) is 0 Å². The lowest BCUT2D eigenvalue weighted by atomic mass is 10.1. The fraction of sp³-hybridized carbons (Fsp3) is 0.438. The molecule has 3 N–H and O–H groups in total. The van der Waals surface area contributed by atoms with E-state index in [0.717, 1.165) is 47.9 Å². The van der Waals surface area contributed by atoms with Gasteiger partial charge < -0.3 is 15.6 Å². The van der Waals surface area contributed by atoms with E-state index in [0.29, 0.717) is 0 Å². The molecule has 4 nitrogen and oxygen atoms in total. The molecule has 5 heteroatoms. The summed E-state index contributed by atoms with van der Waals surface area (Å²) < 4.78 is 13.3. The molecule has 0 radical (unpaired) electrons. The summed E-state index contributed by atoms with van der Waals surface area (Å²) in [6.45, 7) is 1.77. The van der Waals surface area contributed by atoms with Crippen LogP contribution in [0.2, 0.25) is 0 Å². The van der Waals surface area contributed by atoms with E-state index < -0.39 is 0 Å². The van der Waals surface area contributed by atoms with Crippen LogP contribution in [0.15, 0.2) is 29.4 Å². The Bertz CT molecular complexity index is 643. The van der Waals surface area contributed by atoms with Crippen LogP contribution in [0.3, 0.4) is 0 Å². The van der Waals surface area contributed by atoms with Gasteiger partial charge in [0.05, 0.1) is 0 Å². The van der Waals surface area contributed by atoms with Gasteiger partial charge in [0.2, 0.25) is 0 Å². The highest BCUT2D eigenvalue weighted by molar-refractivity contribution is 5.83. The minimum Gasteiger partial charge on any atom is -0.361 e. The molecule has 0 spiro atoms. The highest BCUT2D eigenvalue weighted by Crippen LogP contribution is 2.27. The fourth-order valence-corrected chi connectivity index (χ4v) is 2.46. The lowest BCUT2D eigenvalue weighted by molar-refractivity contribution is 0.629. The summed E-state index contributed by atoms with van der Waals surface area (Å²) in [4.78, 5) is 7.39. The van der Waals surface area contributed by atoms with Crippen molar-refractivity contribution in [3.63, 3.8) is 0 Å². The molecule has 1 aliphatic rings. The number of aromatic amines is 1. The summed E-state index contributed by atoms with van der Waals surface area (Å²) in [6, 6.07) is 4.84. The van der Waals surface area contributed by atoms with Crippen molar-refractivity contribution in [1.82, 2.24) is 15.6 Å². The Labute approximate surface area is 123 Å². The minimum absolute atomic E-state index is 0.196. The zero-order valence-electron chi connectivity index (χ0n) is 12.2. The van der Waals surface area contributed by atoms with Crippen molar-refractivity contribution in [3.05, 3.63) is 35.8 Å². The van der Waals surface area contributed by atoms with Crippen LogP contribution in [0.25, 0.3) is 10.9 Å². The topological polar surface area (TPSA) is 52.2 Å². The van der Waals surface area contributed by atoms with E-state index in [1.165, 1.54) is 18.9 Å². The molecule has 0 saturated heterocycles. The first-order chi connectivity index (χ1) is 10.3. The SMILES string of the molecule is CN=C(NCCc1c[nH]c2ccc(F)cc12)NCC1CC1. The van der Waals surface area contributed by atoms with Crippen LogP contribution in [0.1, 0.15) is 18.4 Å². The van der Waals surface area contributed by atoms with Gasteiger partial charge in [-0.15, -0.1) is 0 Å². The summed E-state index contributed by atoms with van der Waals surface area (Å²) in [7, 11) is 1.78. The number of guanidine groups is 1. The van der Waals surface area contributed by atoms with Gasteiger partial charge >= 0.3 is 0 Å². The normalized spacial score (nSPS) is 15.4. The van der Waals surface area contributed by atoms with Crippen molar-refractivity contribution < 1.29 is 4.39 Å². The van der Waals surface area contributed by atoms with Gasteiger partial charge in [-0.2, -0.15) is 0 Å². The Morgan fingerprint density at radius 2 is 2.24 bits per heavy atom. The minimum atomic E-state index is -0.196. The third-order valence-corrected chi connectivity index (χ3v) is 3.89. The monoisotopic (exact) mass is 288 g/mol. The molecule has 3 rings (SSSR count). The fourth-order valence-electron chi connectivity index (χ4n) is 2.46. The zero-order chi connectivity index (χ0) is 14.7. The van der Waals surface area contributed by atoms with E-state index in [-0.39, 0.29) is 5.82 Å². The van der Waals surface area contributed by atoms with Crippen LogP contribution in [-0.2, 0) is 6.42 Å². The number of H-pyrrole nitrogens is 1. The molecular weight excluding hydrogens is 267 g/mol. The molecule has 1 aromatic carbocycles. The zero-order valence-corrected chi connectivity index (χ0v) is 12.2. The number of benzene rings is 1. The number of rotatable bonds is 5. The van der Waals surface area contributed by atoms with Crippen LogP contribution in [0.4, 0.5) is 4.39 Å². The molecule has 0 bridgehead atoms. The number of hydrogen-bond donors (Lipinski definition) is 3. The second-order valence-electron chi connectivity index (χ2n) is 5.58. The maximum atomic E-state index is 13.3. The van der Waals surface area contributed by atoms with E-state index in [4.69, 9.17) is 0 Å². The number of aliphatic imine (C=N–C) groups is 1. The molecule has 0 atom stereocenters. The molecule has 1 aromatic heterocycles. The number of nitrogens with one attached hydrogen (secondary N) is 3. The Kier molecular flexibility index (Phi) is 4.08. The van der Waals surface area contributed by atoms with Crippen molar-refractivity contribution in [3.8, 4) is 0 Å². The van der Waals surface area contributed by atoms with Crippen molar-refractivity contribution in [2.45, 2.75) is 19.3 Å². The maximum absolute atomic E-state index is 13.3. The van der Waals surface area contributed by atoms with Crippen molar-refractivity contribution in [2.24, 2.45) is 10.9 Å². The van der Waals surface area contributed by atoms with Crippen LogP contribution < -0.4 is 10.6 Å². The van der Waals surface area contributed by atoms with Gasteiger partial charge in [-0.05, 0) is 48.9 Å². The van der Waals surface area contributed by atoms with Gasteiger partial charge in [0.1, 0.15) is 5.82 Å². The van der Waals surface area contributed by atoms with Gasteiger partial charge in [0, 0.05) is 37.2 Å². The summed E-state index contributed by atoms with van der Waals surface area (Å²) in [5, 5.41) is 7.59. The lowest BCUT2D eigenvalue weighted by Gasteiger charge is -2.11. The van der Waals surface area contributed by atoms with Crippen LogP contribution in [0, 0.1) is 11.7 Å². The van der Waals surface area contributed by atoms with Crippen LogP contribution in [0.5, 0.6) is 0 Å². The number of hydrogen-bond acceptors (Lipinski definition) is 1. The number of halogens is 1. The molecule has 1 saturated carbocycles. The van der Waals surface area contributed by atoms with Crippen LogP contribution in [-0.4, -0.2) is 31.1 Å². The number of nitrogens with zero attached hydrogens (tertiary/aromatic N) is 1. The third-order valence-electron chi connectivity index (χ3n) is 3.89. The number of aromatic nitrogens is 1. The molecule has 0 amide bonds. The van der Waals surface area contributed by atoms with Crippen molar-refractivity contribution in [2.75, 3.05) is 20.1 Å². The Balaban J connectivity index is 1.54. The lowest BCUT2D eigenvalue weighted by Crippen LogP contribution is -2.39. The van der Waals surface area contributed by atoms with Gasteiger partial charge in [-0.25, -0.2) is 4.39 Å². The molecule has 1 aliphatic carbocycles. The molecule has 1 heterocycles. The van der Waals surface area contributed by atoms with Gasteiger partial charge in [0.25, 0.3) is 0 Å². The smallest absolute Gasteiger partial charge is 0.190 e. The average molecular weight is 288 g/mol. The second-order valence-corrected chi connectivity index (χ2v) is 5.58. The second kappa shape index (κ2) is 6.16. The van der Waals surface area contributed by atoms with E-state index in [2.05, 4.69) is 20.6 Å². The molecule has 1 fully saturated rings. The molecular formula is C16H21FN4. The average Bonchev–Trinajstić information content (AvgIpc) is 3.24. The van der Waals surface area contributed by atoms with E-state index in [1.54, 1.807) is 19.2 Å². The first-order valence-electron chi connectivity index (χ1n) is 7.46. The predicted octanol–water partition coefficient (Wildman–Crippen LogP) is 2.42. The Morgan fingerprint density at radius 1 is 1.38 bits per heavy atom. The Morgan fingerprint density at radius 3 is 3.00 bits per heavy atom. The Hall–Kier alpha value is -2.04. The molecule has 2 aromatic rings. The summed E-state index contributed by atoms with van der Waals surface area (Å²) >= 11 is 0. The number of fused-ring (bicyclic) bond motifs is 1. The first kappa shape index (κ1) is 13.9. The first-order valence-corrected chi connectivity index (χ1v) is 7.46. The maximum Gasteiger partial charge on any atom is 0.190 e. The molecule has 0 aliphatic heterocycles. The summed E-state index contributed by atoms with van der Waals surface area (Å²) in [5.41, 5.74) is 2.09. The van der Waals surface area contributed by atoms with Crippen LogP contribution >= 0.6 is 0 Å². The quantitative estimate of drug-likeness (QED) is 0.584. The van der Waals surface area contributed by atoms with Gasteiger partial charge in [-0.3, -0.25) is 4.99 Å². The standard InChI is InChI=1S/C16H21FN4/c1-18-16(21-9-11-2-3-11)19-7-6-12-10-20-15-5-4-13(17)8-14(12)15/h4-5,8,10-11,20H,2-3,6-7,9H2,1H3,(H2,18,19,21). The van der Waals surface area contributed by atoms with E-state index >= 15 is 0 Å². The molecule has 21 heavy (non-hydrogen) atoms. The largest absolute Gasteiger partial charge is 0.361 e. The molecule has 0 unspecified atom stereocenters. The van der Waals surface area contributed by atoms with E-state index in [1.807, 2.05) is 6.20 Å². The molecule has 112 valence electrons. The highest BCUT2D eigenvalue weighted by atomic mass is 19.1. The third kappa shape index (κ3) is 3.54. The summed E-state index contributed by atoms with van der Waals surface area (Å²) in [6.07, 6.45) is 5.43. The predicted molar refractivity (Wildman–Crippen MR) is 84.0 cm³/mol. The van der Waals surface area contributed by atoms with Gasteiger partial charge in [-0.1, -0.05) is 0 Å².